The number of alkyl halides is 1. The topological polar surface area (TPSA) is 12.0 Å². The van der Waals surface area contributed by atoms with E-state index in [9.17, 15) is 0 Å². The van der Waals surface area contributed by atoms with Gasteiger partial charge in [-0.2, -0.15) is 0 Å². The average molecular weight is 332 g/mol. The standard InChI is InChI=1S/C19H23Cl.C2H7N/c1-3-16(2)14-15-19(20,17-10-6-4-7-11-17)18-12-8-5-9-13-18;1-3-2/h4-13,16H,3,14-15H2,1-2H3;3H,1-2H3. The molecule has 2 heteroatoms. The van der Waals surface area contributed by atoms with E-state index in [2.05, 4.69) is 67.7 Å². The van der Waals surface area contributed by atoms with E-state index in [0.29, 0.717) is 5.92 Å². The monoisotopic (exact) mass is 331 g/mol. The zero-order chi connectivity index (χ0) is 17.1. The van der Waals surface area contributed by atoms with Crippen molar-refractivity contribution in [3.05, 3.63) is 71.8 Å². The smallest absolute Gasteiger partial charge is 0.0944 e. The van der Waals surface area contributed by atoms with Crippen LogP contribution in [-0.2, 0) is 4.87 Å². The molecule has 0 amide bonds. The molecule has 0 heterocycles. The van der Waals surface area contributed by atoms with E-state index in [4.69, 9.17) is 11.6 Å². The second-order valence-electron chi connectivity index (χ2n) is 6.09. The zero-order valence-electron chi connectivity index (χ0n) is 14.9. The Morgan fingerprint density at radius 2 is 1.30 bits per heavy atom. The Bertz CT molecular complexity index is 485. The molecule has 2 aromatic carbocycles. The van der Waals surface area contributed by atoms with Crippen molar-refractivity contribution in [1.82, 2.24) is 5.32 Å². The first-order chi connectivity index (χ1) is 11.1. The van der Waals surface area contributed by atoms with Crippen molar-refractivity contribution in [2.75, 3.05) is 14.1 Å². The molecule has 0 spiro atoms. The number of rotatable bonds is 6. The van der Waals surface area contributed by atoms with Gasteiger partial charge in [0.05, 0.1) is 4.87 Å². The number of hydrogen-bond acceptors (Lipinski definition) is 1. The number of benzene rings is 2. The predicted molar refractivity (Wildman–Crippen MR) is 103 cm³/mol. The first-order valence-electron chi connectivity index (χ1n) is 8.46. The molecular weight excluding hydrogens is 302 g/mol. The van der Waals surface area contributed by atoms with E-state index >= 15 is 0 Å². The van der Waals surface area contributed by atoms with Crippen molar-refractivity contribution >= 4 is 11.6 Å². The number of hydrogen-bond donors (Lipinski definition) is 1. The lowest BCUT2D eigenvalue weighted by Gasteiger charge is -2.29. The number of halogens is 1. The Kier molecular flexibility index (Phi) is 8.98. The summed E-state index contributed by atoms with van der Waals surface area (Å²) < 4.78 is 0. The van der Waals surface area contributed by atoms with Gasteiger partial charge in [-0.15, -0.1) is 11.6 Å². The molecule has 0 radical (unpaired) electrons. The Hall–Kier alpha value is -1.31. The van der Waals surface area contributed by atoms with Crippen LogP contribution in [0, 0.1) is 5.92 Å². The molecule has 23 heavy (non-hydrogen) atoms. The van der Waals surface area contributed by atoms with E-state index < -0.39 is 4.87 Å². The highest BCUT2D eigenvalue weighted by molar-refractivity contribution is 6.26. The third-order valence-corrected chi connectivity index (χ3v) is 4.77. The average Bonchev–Trinajstić information content (AvgIpc) is 2.61. The molecule has 0 aromatic heterocycles. The Morgan fingerprint density at radius 3 is 1.65 bits per heavy atom. The summed E-state index contributed by atoms with van der Waals surface area (Å²) in [5, 5.41) is 2.75. The normalized spacial score (nSPS) is 12.2. The van der Waals surface area contributed by atoms with Crippen molar-refractivity contribution in [2.45, 2.75) is 38.0 Å². The Morgan fingerprint density at radius 1 is 0.913 bits per heavy atom. The molecule has 0 aliphatic carbocycles. The van der Waals surface area contributed by atoms with Gasteiger partial charge in [-0.1, -0.05) is 80.9 Å². The largest absolute Gasteiger partial charge is 0.323 e. The van der Waals surface area contributed by atoms with Crippen LogP contribution in [0.1, 0.15) is 44.2 Å². The van der Waals surface area contributed by atoms with Crippen LogP contribution >= 0.6 is 11.6 Å². The first-order valence-corrected chi connectivity index (χ1v) is 8.84. The molecule has 1 nitrogen and oxygen atoms in total. The van der Waals surface area contributed by atoms with Gasteiger partial charge in [0.25, 0.3) is 0 Å². The maximum Gasteiger partial charge on any atom is 0.0944 e. The highest BCUT2D eigenvalue weighted by Crippen LogP contribution is 2.41. The summed E-state index contributed by atoms with van der Waals surface area (Å²) in [7, 11) is 3.75. The van der Waals surface area contributed by atoms with Gasteiger partial charge >= 0.3 is 0 Å². The lowest BCUT2D eigenvalue weighted by molar-refractivity contribution is 0.460. The molecular formula is C21H30ClN. The van der Waals surface area contributed by atoms with Crippen molar-refractivity contribution in [2.24, 2.45) is 5.92 Å². The molecule has 126 valence electrons. The quantitative estimate of drug-likeness (QED) is 0.656. The van der Waals surface area contributed by atoms with Crippen molar-refractivity contribution in [3.63, 3.8) is 0 Å². The van der Waals surface area contributed by atoms with Gasteiger partial charge in [0.2, 0.25) is 0 Å². The molecule has 0 bridgehead atoms. The maximum absolute atomic E-state index is 7.09. The van der Waals surface area contributed by atoms with Gasteiger partial charge in [-0.25, -0.2) is 0 Å². The second kappa shape index (κ2) is 10.5. The summed E-state index contributed by atoms with van der Waals surface area (Å²) in [6.45, 7) is 4.54. The van der Waals surface area contributed by atoms with Crippen LogP contribution in [0.3, 0.4) is 0 Å². The highest BCUT2D eigenvalue weighted by Gasteiger charge is 2.31. The third-order valence-electron chi connectivity index (χ3n) is 4.14. The molecule has 2 aromatic rings. The summed E-state index contributed by atoms with van der Waals surface area (Å²) in [6.07, 6.45) is 3.32. The van der Waals surface area contributed by atoms with Crippen LogP contribution < -0.4 is 5.32 Å². The van der Waals surface area contributed by atoms with Crippen LogP contribution in [0.15, 0.2) is 60.7 Å². The fourth-order valence-electron chi connectivity index (χ4n) is 2.51. The third kappa shape index (κ3) is 6.01. The molecule has 1 unspecified atom stereocenters. The fraction of sp³-hybridized carbons (Fsp3) is 0.429. The fourth-order valence-corrected chi connectivity index (χ4v) is 2.87. The van der Waals surface area contributed by atoms with Crippen LogP contribution in [-0.4, -0.2) is 14.1 Å². The Labute approximate surface area is 147 Å². The van der Waals surface area contributed by atoms with E-state index in [1.165, 1.54) is 17.5 Å². The molecule has 0 fully saturated rings. The van der Waals surface area contributed by atoms with Crippen molar-refractivity contribution < 1.29 is 0 Å². The summed E-state index contributed by atoms with van der Waals surface area (Å²) in [6, 6.07) is 20.9. The van der Waals surface area contributed by atoms with Crippen molar-refractivity contribution in [1.29, 1.82) is 0 Å². The van der Waals surface area contributed by atoms with Gasteiger partial charge in [-0.05, 0) is 44.0 Å². The van der Waals surface area contributed by atoms with Gasteiger partial charge in [0.1, 0.15) is 0 Å². The van der Waals surface area contributed by atoms with Gasteiger partial charge in [0, 0.05) is 0 Å². The molecule has 1 N–H and O–H groups in total. The van der Waals surface area contributed by atoms with Gasteiger partial charge < -0.3 is 5.32 Å². The summed E-state index contributed by atoms with van der Waals surface area (Å²) >= 11 is 7.09. The zero-order valence-corrected chi connectivity index (χ0v) is 15.6. The maximum atomic E-state index is 7.09. The van der Waals surface area contributed by atoms with E-state index in [1.807, 2.05) is 26.2 Å². The van der Waals surface area contributed by atoms with E-state index in [1.54, 1.807) is 0 Å². The second-order valence-corrected chi connectivity index (χ2v) is 6.73. The summed E-state index contributed by atoms with van der Waals surface area (Å²) in [5.74, 6) is 0.709. The molecule has 0 aliphatic rings. The lowest BCUT2D eigenvalue weighted by Crippen LogP contribution is -2.21. The SMILES string of the molecule is CCC(C)CCC(Cl)(c1ccccc1)c1ccccc1.CNC. The van der Waals surface area contributed by atoms with Gasteiger partial charge in [0.15, 0.2) is 0 Å². The first kappa shape index (κ1) is 19.7. The molecule has 2 rings (SSSR count). The van der Waals surface area contributed by atoms with E-state index in [-0.39, 0.29) is 0 Å². The van der Waals surface area contributed by atoms with Gasteiger partial charge in [-0.3, -0.25) is 0 Å². The molecule has 0 saturated heterocycles. The number of nitrogens with one attached hydrogen (secondary N) is 1. The van der Waals surface area contributed by atoms with E-state index in [0.717, 1.165) is 12.8 Å². The molecule has 0 aliphatic heterocycles. The summed E-state index contributed by atoms with van der Waals surface area (Å²) in [4.78, 5) is -0.411. The van der Waals surface area contributed by atoms with Crippen molar-refractivity contribution in [3.8, 4) is 0 Å². The lowest BCUT2D eigenvalue weighted by atomic mass is 9.84. The molecule has 1 atom stereocenters. The van der Waals surface area contributed by atoms with Crippen LogP contribution in [0.4, 0.5) is 0 Å². The van der Waals surface area contributed by atoms with Crippen LogP contribution in [0.5, 0.6) is 0 Å². The highest BCUT2D eigenvalue weighted by atomic mass is 35.5. The predicted octanol–water partition coefficient (Wildman–Crippen LogP) is 5.83. The summed E-state index contributed by atoms with van der Waals surface area (Å²) in [5.41, 5.74) is 2.38. The minimum atomic E-state index is -0.411. The van der Waals surface area contributed by atoms with Crippen LogP contribution in [0.25, 0.3) is 0 Å². The Balaban J connectivity index is 0.000000816. The minimum Gasteiger partial charge on any atom is -0.323 e. The van der Waals surface area contributed by atoms with Crippen LogP contribution in [0.2, 0.25) is 0 Å². The minimum absolute atomic E-state index is 0.411. The molecule has 0 saturated carbocycles.